The van der Waals surface area contributed by atoms with Gasteiger partial charge in [0.15, 0.2) is 0 Å². The van der Waals surface area contributed by atoms with Crippen molar-refractivity contribution < 1.29 is 9.53 Å². The Kier molecular flexibility index (Phi) is 4.54. The molecule has 0 fully saturated rings. The molecule has 0 aliphatic carbocycles. The first-order valence-corrected chi connectivity index (χ1v) is 6.63. The second-order valence-corrected chi connectivity index (χ2v) is 4.64. The molecule has 0 aliphatic rings. The highest BCUT2D eigenvalue weighted by atomic mass is 16.5. The van der Waals surface area contributed by atoms with Crippen LogP contribution in [0.1, 0.15) is 24.4 Å². The first-order chi connectivity index (χ1) is 10.1. The van der Waals surface area contributed by atoms with E-state index >= 15 is 0 Å². The van der Waals surface area contributed by atoms with Crippen LogP contribution in [0.5, 0.6) is 5.75 Å². The van der Waals surface area contributed by atoms with Gasteiger partial charge in [-0.25, -0.2) is 4.68 Å². The van der Waals surface area contributed by atoms with E-state index in [9.17, 15) is 4.79 Å². The van der Waals surface area contributed by atoms with Crippen molar-refractivity contribution in [2.45, 2.75) is 26.4 Å². The number of carbonyl (C=O) groups is 1. The van der Waals surface area contributed by atoms with Crippen LogP contribution in [0.15, 0.2) is 24.3 Å². The third kappa shape index (κ3) is 3.03. The Balaban J connectivity index is 2.17. The van der Waals surface area contributed by atoms with Crippen LogP contribution in [-0.2, 0) is 11.3 Å². The Morgan fingerprint density at radius 2 is 2.19 bits per heavy atom. The molecule has 1 unspecified atom stereocenters. The largest absolute Gasteiger partial charge is 0.495 e. The molecule has 0 saturated carbocycles. The zero-order valence-corrected chi connectivity index (χ0v) is 12.3. The van der Waals surface area contributed by atoms with Crippen LogP contribution in [0.2, 0.25) is 0 Å². The Bertz CT molecular complexity index is 638. The van der Waals surface area contributed by atoms with Crippen LogP contribution in [0.25, 0.3) is 0 Å². The molecule has 7 nitrogen and oxygen atoms in total. The summed E-state index contributed by atoms with van der Waals surface area (Å²) in [5, 5.41) is 10.8. The fourth-order valence-electron chi connectivity index (χ4n) is 2.03. The summed E-state index contributed by atoms with van der Waals surface area (Å²) in [5.41, 5.74) is 7.67. The minimum absolute atomic E-state index is 0.198. The van der Waals surface area contributed by atoms with Gasteiger partial charge >= 0.3 is 0 Å². The zero-order chi connectivity index (χ0) is 15.4. The van der Waals surface area contributed by atoms with E-state index in [-0.39, 0.29) is 5.91 Å². The van der Waals surface area contributed by atoms with Gasteiger partial charge in [-0.3, -0.25) is 4.79 Å². The van der Waals surface area contributed by atoms with Crippen molar-refractivity contribution in [3.8, 4) is 5.75 Å². The van der Waals surface area contributed by atoms with Gasteiger partial charge in [-0.2, -0.15) is 0 Å². The maximum atomic E-state index is 12.3. The van der Waals surface area contributed by atoms with Gasteiger partial charge in [-0.05, 0) is 26.0 Å². The zero-order valence-electron chi connectivity index (χ0n) is 12.3. The van der Waals surface area contributed by atoms with Crippen LogP contribution >= 0.6 is 0 Å². The van der Waals surface area contributed by atoms with Gasteiger partial charge < -0.3 is 15.8 Å². The minimum Gasteiger partial charge on any atom is -0.495 e. The lowest BCUT2D eigenvalue weighted by molar-refractivity contribution is -0.119. The van der Waals surface area contributed by atoms with Crippen LogP contribution in [-0.4, -0.2) is 28.0 Å². The van der Waals surface area contributed by atoms with E-state index in [0.717, 1.165) is 5.69 Å². The number of ether oxygens (including phenoxy) is 1. The number of carbonyl (C=O) groups excluding carboxylic acids is 1. The standard InChI is InChI=1S/C14H19N5O2/c1-9-12(8-15)17-18-19(9)10(2)14(20)16-11-6-4-5-7-13(11)21-3/h4-7,10H,8,15H2,1-3H3,(H,16,20). The monoisotopic (exact) mass is 289 g/mol. The first-order valence-electron chi connectivity index (χ1n) is 6.63. The predicted molar refractivity (Wildman–Crippen MR) is 79.0 cm³/mol. The Labute approximate surface area is 123 Å². The Morgan fingerprint density at radius 1 is 1.48 bits per heavy atom. The fraction of sp³-hybridized carbons (Fsp3) is 0.357. The highest BCUT2D eigenvalue weighted by Crippen LogP contribution is 2.24. The molecule has 0 saturated heterocycles. The van der Waals surface area contributed by atoms with E-state index in [0.29, 0.717) is 23.7 Å². The van der Waals surface area contributed by atoms with E-state index in [1.807, 2.05) is 19.1 Å². The van der Waals surface area contributed by atoms with Crippen molar-refractivity contribution in [2.75, 3.05) is 12.4 Å². The molecule has 1 aromatic heterocycles. The van der Waals surface area contributed by atoms with Crippen LogP contribution < -0.4 is 15.8 Å². The SMILES string of the molecule is COc1ccccc1NC(=O)C(C)n1nnc(CN)c1C. The molecule has 3 N–H and O–H groups in total. The molecular weight excluding hydrogens is 270 g/mol. The van der Waals surface area contributed by atoms with Gasteiger partial charge in [0, 0.05) is 6.54 Å². The lowest BCUT2D eigenvalue weighted by atomic mass is 10.2. The van der Waals surface area contributed by atoms with Crippen molar-refractivity contribution in [3.05, 3.63) is 35.7 Å². The van der Waals surface area contributed by atoms with Gasteiger partial charge in [-0.1, -0.05) is 17.3 Å². The van der Waals surface area contributed by atoms with E-state index in [2.05, 4.69) is 15.6 Å². The number of aromatic nitrogens is 3. The number of methoxy groups -OCH3 is 1. The van der Waals surface area contributed by atoms with E-state index in [4.69, 9.17) is 10.5 Å². The number of rotatable bonds is 5. The van der Waals surface area contributed by atoms with E-state index in [1.54, 1.807) is 30.8 Å². The minimum atomic E-state index is -0.497. The summed E-state index contributed by atoms with van der Waals surface area (Å²) in [7, 11) is 1.56. The van der Waals surface area contributed by atoms with E-state index < -0.39 is 6.04 Å². The summed E-state index contributed by atoms with van der Waals surface area (Å²) in [5.74, 6) is 0.409. The molecule has 0 aliphatic heterocycles. The number of nitrogens with two attached hydrogens (primary N) is 1. The van der Waals surface area contributed by atoms with E-state index in [1.165, 1.54) is 0 Å². The number of amides is 1. The topological polar surface area (TPSA) is 95.1 Å². The Hall–Kier alpha value is -2.41. The second kappa shape index (κ2) is 6.36. The molecule has 1 aromatic carbocycles. The summed E-state index contributed by atoms with van der Waals surface area (Å²) in [4.78, 5) is 12.3. The van der Waals surface area contributed by atoms with Crippen molar-refractivity contribution in [1.29, 1.82) is 0 Å². The van der Waals surface area contributed by atoms with Crippen molar-refractivity contribution >= 4 is 11.6 Å². The second-order valence-electron chi connectivity index (χ2n) is 4.64. The summed E-state index contributed by atoms with van der Waals surface area (Å²) < 4.78 is 6.77. The number of nitrogens with zero attached hydrogens (tertiary/aromatic N) is 3. The van der Waals surface area contributed by atoms with Gasteiger partial charge in [0.05, 0.1) is 24.2 Å². The maximum Gasteiger partial charge on any atom is 0.249 e. The molecule has 1 heterocycles. The molecule has 7 heteroatoms. The molecule has 0 radical (unpaired) electrons. The van der Waals surface area contributed by atoms with Crippen LogP contribution in [0.3, 0.4) is 0 Å². The molecule has 2 aromatic rings. The highest BCUT2D eigenvalue weighted by Gasteiger charge is 2.20. The number of nitrogens with one attached hydrogen (secondary N) is 1. The fourth-order valence-corrected chi connectivity index (χ4v) is 2.03. The van der Waals surface area contributed by atoms with Gasteiger partial charge in [0.2, 0.25) is 5.91 Å². The molecule has 1 atom stereocenters. The normalized spacial score (nSPS) is 12.0. The number of anilines is 1. The molecule has 21 heavy (non-hydrogen) atoms. The summed E-state index contributed by atoms with van der Waals surface area (Å²) in [6, 6.07) is 6.74. The number of para-hydroxylation sites is 2. The molecule has 0 spiro atoms. The van der Waals surface area contributed by atoms with Crippen LogP contribution in [0.4, 0.5) is 5.69 Å². The van der Waals surface area contributed by atoms with Crippen molar-refractivity contribution in [3.63, 3.8) is 0 Å². The van der Waals surface area contributed by atoms with Gasteiger partial charge in [0.1, 0.15) is 11.8 Å². The molecule has 0 bridgehead atoms. The Morgan fingerprint density at radius 3 is 2.81 bits per heavy atom. The predicted octanol–water partition coefficient (Wildman–Crippen LogP) is 1.25. The number of benzene rings is 1. The third-order valence-corrected chi connectivity index (χ3v) is 3.33. The first kappa shape index (κ1) is 15.0. The lowest BCUT2D eigenvalue weighted by Crippen LogP contribution is -2.25. The summed E-state index contributed by atoms with van der Waals surface area (Å²) >= 11 is 0. The highest BCUT2D eigenvalue weighted by molar-refractivity contribution is 5.94. The lowest BCUT2D eigenvalue weighted by Gasteiger charge is -2.15. The van der Waals surface area contributed by atoms with Crippen LogP contribution in [0, 0.1) is 6.92 Å². The third-order valence-electron chi connectivity index (χ3n) is 3.33. The average Bonchev–Trinajstić information content (AvgIpc) is 2.87. The summed E-state index contributed by atoms with van der Waals surface area (Å²) in [6.45, 7) is 3.90. The average molecular weight is 289 g/mol. The number of hydrogen-bond donors (Lipinski definition) is 2. The number of hydrogen-bond acceptors (Lipinski definition) is 5. The van der Waals surface area contributed by atoms with Crippen molar-refractivity contribution in [2.24, 2.45) is 5.73 Å². The molecule has 112 valence electrons. The quantitative estimate of drug-likeness (QED) is 0.864. The van der Waals surface area contributed by atoms with Crippen molar-refractivity contribution in [1.82, 2.24) is 15.0 Å². The molecular formula is C14H19N5O2. The molecule has 2 rings (SSSR count). The van der Waals surface area contributed by atoms with Gasteiger partial charge in [0.25, 0.3) is 0 Å². The molecule has 1 amide bonds. The maximum absolute atomic E-state index is 12.3. The summed E-state index contributed by atoms with van der Waals surface area (Å²) in [6.07, 6.45) is 0. The van der Waals surface area contributed by atoms with Gasteiger partial charge in [-0.15, -0.1) is 5.10 Å². The smallest absolute Gasteiger partial charge is 0.249 e.